The first kappa shape index (κ1) is 20.1. The highest BCUT2D eigenvalue weighted by molar-refractivity contribution is 6.30. The van der Waals surface area contributed by atoms with Crippen LogP contribution in [0.3, 0.4) is 0 Å². The molecule has 140 valence electrons. The first-order chi connectivity index (χ1) is 13.5. The van der Waals surface area contributed by atoms with E-state index in [4.69, 9.17) is 23.2 Å². The monoisotopic (exact) mass is 407 g/mol. The minimum Gasteiger partial charge on any atom is -0.294 e. The lowest BCUT2D eigenvalue weighted by Crippen LogP contribution is -2.16. The number of ketones is 1. The summed E-state index contributed by atoms with van der Waals surface area (Å²) in [5.41, 5.74) is 3.48. The van der Waals surface area contributed by atoms with Crippen molar-refractivity contribution in [2.75, 3.05) is 0 Å². The summed E-state index contributed by atoms with van der Waals surface area (Å²) in [6.45, 7) is 1.99. The molecule has 0 aromatic heterocycles. The fourth-order valence-electron chi connectivity index (χ4n) is 3.40. The van der Waals surface area contributed by atoms with Crippen LogP contribution in [0.1, 0.15) is 45.3 Å². The van der Waals surface area contributed by atoms with E-state index in [9.17, 15) is 10.1 Å². The number of rotatable bonds is 6. The van der Waals surface area contributed by atoms with Crippen molar-refractivity contribution in [3.8, 4) is 6.07 Å². The van der Waals surface area contributed by atoms with Crippen LogP contribution >= 0.6 is 23.2 Å². The molecule has 2 unspecified atom stereocenters. The molecule has 2 nitrogen and oxygen atoms in total. The third-order valence-corrected chi connectivity index (χ3v) is 5.44. The molecule has 2 atom stereocenters. The second-order valence-corrected chi connectivity index (χ2v) is 7.63. The molecule has 3 rings (SSSR count). The molecule has 0 saturated carbocycles. The predicted octanol–water partition coefficient (Wildman–Crippen LogP) is 6.97. The first-order valence-electron chi connectivity index (χ1n) is 8.99. The van der Waals surface area contributed by atoms with Gasteiger partial charge in [-0.1, -0.05) is 59.6 Å². The summed E-state index contributed by atoms with van der Waals surface area (Å²) in [6.07, 6.45) is 0.218. The number of nitriles is 1. The molecule has 0 spiro atoms. The molecule has 3 aromatic carbocycles. The minimum absolute atomic E-state index is 0.0227. The van der Waals surface area contributed by atoms with Crippen molar-refractivity contribution >= 4 is 29.0 Å². The van der Waals surface area contributed by atoms with Crippen molar-refractivity contribution in [2.24, 2.45) is 0 Å². The number of hydrogen-bond acceptors (Lipinski definition) is 2. The van der Waals surface area contributed by atoms with Crippen molar-refractivity contribution in [3.63, 3.8) is 0 Å². The Morgan fingerprint density at radius 1 is 0.929 bits per heavy atom. The molecule has 0 saturated heterocycles. The van der Waals surface area contributed by atoms with Crippen LogP contribution in [0.5, 0.6) is 0 Å². The Balaban J connectivity index is 2.00. The number of nitrogens with zero attached hydrogens (tertiary/aromatic N) is 1. The molecule has 3 aromatic rings. The molecule has 0 heterocycles. The van der Waals surface area contributed by atoms with Gasteiger partial charge in [0.15, 0.2) is 5.78 Å². The Hall–Kier alpha value is -2.60. The summed E-state index contributed by atoms with van der Waals surface area (Å²) in [7, 11) is 0. The van der Waals surface area contributed by atoms with Gasteiger partial charge in [0, 0.05) is 27.9 Å². The molecule has 4 heteroatoms. The van der Waals surface area contributed by atoms with Gasteiger partial charge in [-0.25, -0.2) is 0 Å². The second kappa shape index (κ2) is 9.06. The summed E-state index contributed by atoms with van der Waals surface area (Å²) >= 11 is 12.0. The van der Waals surface area contributed by atoms with E-state index in [1.54, 1.807) is 36.4 Å². The van der Waals surface area contributed by atoms with Crippen LogP contribution in [0.15, 0.2) is 72.8 Å². The van der Waals surface area contributed by atoms with Gasteiger partial charge in [-0.15, -0.1) is 0 Å². The first-order valence-corrected chi connectivity index (χ1v) is 9.74. The quantitative estimate of drug-likeness (QED) is 0.414. The van der Waals surface area contributed by atoms with Gasteiger partial charge in [-0.3, -0.25) is 4.79 Å². The summed E-state index contributed by atoms with van der Waals surface area (Å²) in [5, 5.41) is 11.2. The predicted molar refractivity (Wildman–Crippen MR) is 114 cm³/mol. The fraction of sp³-hybridized carbons (Fsp3) is 0.167. The van der Waals surface area contributed by atoms with E-state index in [1.807, 2.05) is 43.3 Å². The van der Waals surface area contributed by atoms with E-state index in [0.717, 1.165) is 16.7 Å². The molecule has 0 aliphatic heterocycles. The van der Waals surface area contributed by atoms with Gasteiger partial charge in [0.25, 0.3) is 0 Å². The number of carbonyl (C=O) groups is 1. The molecule has 0 amide bonds. The van der Waals surface area contributed by atoms with E-state index in [2.05, 4.69) is 6.07 Å². The number of benzene rings is 3. The Kier molecular flexibility index (Phi) is 6.52. The van der Waals surface area contributed by atoms with Gasteiger partial charge in [0.1, 0.15) is 0 Å². The van der Waals surface area contributed by atoms with Crippen molar-refractivity contribution in [3.05, 3.63) is 105 Å². The zero-order chi connectivity index (χ0) is 20.1. The topological polar surface area (TPSA) is 40.9 Å². The van der Waals surface area contributed by atoms with Gasteiger partial charge >= 0.3 is 0 Å². The number of hydrogen-bond donors (Lipinski definition) is 0. The highest BCUT2D eigenvalue weighted by Crippen LogP contribution is 2.38. The molecule has 28 heavy (non-hydrogen) atoms. The smallest absolute Gasteiger partial charge is 0.163 e. The summed E-state index contributed by atoms with van der Waals surface area (Å²) in [5.74, 6) is -0.754. The number of halogens is 2. The van der Waals surface area contributed by atoms with Gasteiger partial charge in [0.05, 0.1) is 12.0 Å². The van der Waals surface area contributed by atoms with E-state index >= 15 is 0 Å². The lowest BCUT2D eigenvalue weighted by atomic mass is 9.77. The molecule has 0 bridgehead atoms. The van der Waals surface area contributed by atoms with E-state index in [1.165, 1.54) is 0 Å². The van der Waals surface area contributed by atoms with Crippen LogP contribution in [-0.2, 0) is 0 Å². The van der Waals surface area contributed by atoms with Crippen LogP contribution in [0, 0.1) is 18.3 Å². The zero-order valence-electron chi connectivity index (χ0n) is 15.4. The van der Waals surface area contributed by atoms with Crippen LogP contribution in [0.25, 0.3) is 0 Å². The second-order valence-electron chi connectivity index (χ2n) is 6.76. The normalized spacial score (nSPS) is 12.8. The third kappa shape index (κ3) is 4.62. The molecule has 0 aliphatic carbocycles. The van der Waals surface area contributed by atoms with Gasteiger partial charge in [-0.2, -0.15) is 5.26 Å². The summed E-state index contributed by atoms with van der Waals surface area (Å²) in [4.78, 5) is 13.0. The Bertz CT molecular complexity index is 1000. The SMILES string of the molecule is Cc1ccccc1C(C#N)C(CC(=O)c1ccc(Cl)cc1)c1ccc(Cl)cc1. The van der Waals surface area contributed by atoms with Crippen molar-refractivity contribution in [1.29, 1.82) is 5.26 Å². The Morgan fingerprint density at radius 3 is 2.07 bits per heavy atom. The standard InChI is InChI=1S/C24H19Cl2NO/c1-16-4-2-3-5-21(16)23(15-27)22(17-6-10-19(25)11-7-17)14-24(28)18-8-12-20(26)13-9-18/h2-13,22-23H,14H2,1H3. The molecule has 0 fully saturated rings. The lowest BCUT2D eigenvalue weighted by Gasteiger charge is -2.24. The van der Waals surface area contributed by atoms with Crippen LogP contribution in [-0.4, -0.2) is 5.78 Å². The van der Waals surface area contributed by atoms with Crippen LogP contribution in [0.4, 0.5) is 0 Å². The average molecular weight is 408 g/mol. The molecular formula is C24H19Cl2NO. The fourth-order valence-corrected chi connectivity index (χ4v) is 3.66. The highest BCUT2D eigenvalue weighted by Gasteiger charge is 2.28. The van der Waals surface area contributed by atoms with Gasteiger partial charge in [0.2, 0.25) is 0 Å². The lowest BCUT2D eigenvalue weighted by molar-refractivity contribution is 0.0971. The van der Waals surface area contributed by atoms with Crippen LogP contribution in [0.2, 0.25) is 10.0 Å². The van der Waals surface area contributed by atoms with Gasteiger partial charge < -0.3 is 0 Å². The van der Waals surface area contributed by atoms with Crippen LogP contribution < -0.4 is 0 Å². The Morgan fingerprint density at radius 2 is 1.50 bits per heavy atom. The maximum Gasteiger partial charge on any atom is 0.163 e. The van der Waals surface area contributed by atoms with E-state index in [-0.39, 0.29) is 18.1 Å². The van der Waals surface area contributed by atoms with Crippen molar-refractivity contribution in [2.45, 2.75) is 25.2 Å². The Labute approximate surface area is 175 Å². The van der Waals surface area contributed by atoms with E-state index < -0.39 is 5.92 Å². The average Bonchev–Trinajstić information content (AvgIpc) is 2.70. The maximum atomic E-state index is 13.0. The maximum absolute atomic E-state index is 13.0. The van der Waals surface area contributed by atoms with E-state index in [0.29, 0.717) is 15.6 Å². The number of aryl methyl sites for hydroxylation is 1. The zero-order valence-corrected chi connectivity index (χ0v) is 16.9. The molecule has 0 radical (unpaired) electrons. The minimum atomic E-state index is -0.446. The number of carbonyl (C=O) groups excluding carboxylic acids is 1. The highest BCUT2D eigenvalue weighted by atomic mass is 35.5. The van der Waals surface area contributed by atoms with Gasteiger partial charge in [-0.05, 0) is 60.0 Å². The third-order valence-electron chi connectivity index (χ3n) is 4.93. The van der Waals surface area contributed by atoms with Crippen molar-refractivity contribution in [1.82, 2.24) is 0 Å². The summed E-state index contributed by atoms with van der Waals surface area (Å²) < 4.78 is 0. The molecule has 0 aliphatic rings. The summed E-state index contributed by atoms with van der Waals surface area (Å²) in [6, 6.07) is 24.5. The van der Waals surface area contributed by atoms with Crippen molar-refractivity contribution < 1.29 is 4.79 Å². The molecule has 0 N–H and O–H groups in total. The number of Topliss-reactive ketones (excluding diaryl/α,β-unsaturated/α-hetero) is 1. The molecular weight excluding hydrogens is 389 g/mol. The largest absolute Gasteiger partial charge is 0.294 e.